The highest BCUT2D eigenvalue weighted by molar-refractivity contribution is 7.88. The number of hydrogen-bond acceptors (Lipinski definition) is 4. The number of nitrogens with zero attached hydrogens (tertiary/aromatic N) is 1. The maximum atomic E-state index is 11.0. The Balaban J connectivity index is 0.000000441. The van der Waals surface area contributed by atoms with Gasteiger partial charge in [-0.1, -0.05) is 36.9 Å². The molecule has 0 aromatic heterocycles. The summed E-state index contributed by atoms with van der Waals surface area (Å²) in [7, 11) is 0.0260. The summed E-state index contributed by atoms with van der Waals surface area (Å²) < 4.78 is 28.9. The van der Waals surface area contributed by atoms with E-state index in [0.29, 0.717) is 5.57 Å². The van der Waals surface area contributed by atoms with Crippen LogP contribution >= 0.6 is 0 Å². The molecule has 0 aliphatic heterocycles. The molecule has 0 aliphatic carbocycles. The third-order valence-corrected chi connectivity index (χ3v) is 3.17. The quantitative estimate of drug-likeness (QED) is 0.445. The minimum Gasteiger partial charge on any atom is -0.352 e. The van der Waals surface area contributed by atoms with Crippen molar-refractivity contribution in [3.63, 3.8) is 0 Å². The van der Waals surface area contributed by atoms with Crippen molar-refractivity contribution in [2.75, 3.05) is 27.2 Å². The summed E-state index contributed by atoms with van der Waals surface area (Å²) in [6.07, 6.45) is 2.31. The van der Waals surface area contributed by atoms with Gasteiger partial charge in [0.1, 0.15) is 0 Å². The molecule has 0 unspecified atom stereocenters. The zero-order valence-electron chi connectivity index (χ0n) is 14.4. The topological polar surface area (TPSA) is 86.7 Å². The summed E-state index contributed by atoms with van der Waals surface area (Å²) in [6, 6.07) is 8.86. The molecule has 1 rings (SSSR count). The molecule has 0 radical (unpaired) electrons. The molecule has 2 N–H and O–H groups in total. The molecule has 0 atom stereocenters. The van der Waals surface area contributed by atoms with E-state index < -0.39 is 10.1 Å². The van der Waals surface area contributed by atoms with Crippen LogP contribution in [-0.2, 0) is 14.9 Å². The Morgan fingerprint density at radius 2 is 1.88 bits per heavy atom. The van der Waals surface area contributed by atoms with Crippen molar-refractivity contribution in [1.29, 1.82) is 0 Å². The zero-order valence-corrected chi connectivity index (χ0v) is 15.2. The van der Waals surface area contributed by atoms with Crippen LogP contribution in [0.4, 0.5) is 0 Å². The van der Waals surface area contributed by atoms with E-state index in [0.717, 1.165) is 30.5 Å². The highest BCUT2D eigenvalue weighted by Gasteiger charge is 1.99. The average Bonchev–Trinajstić information content (AvgIpc) is 2.50. The van der Waals surface area contributed by atoms with Gasteiger partial charge in [0.2, 0.25) is 5.91 Å². The molecule has 0 heterocycles. The molecule has 1 aromatic rings. The van der Waals surface area contributed by atoms with Crippen molar-refractivity contribution >= 4 is 22.1 Å². The van der Waals surface area contributed by atoms with Gasteiger partial charge in [-0.05, 0) is 45.6 Å². The first-order chi connectivity index (χ1) is 11.1. The van der Waals surface area contributed by atoms with Gasteiger partial charge in [-0.3, -0.25) is 9.35 Å². The van der Waals surface area contributed by atoms with E-state index in [-0.39, 0.29) is 5.91 Å². The van der Waals surface area contributed by atoms with Gasteiger partial charge < -0.3 is 10.2 Å². The monoisotopic (exact) mass is 354 g/mol. The van der Waals surface area contributed by atoms with Crippen LogP contribution in [-0.4, -0.2) is 51.0 Å². The fourth-order valence-electron chi connectivity index (χ4n) is 1.48. The first-order valence-electron chi connectivity index (χ1n) is 7.41. The molecule has 6 nitrogen and oxygen atoms in total. The van der Waals surface area contributed by atoms with Crippen LogP contribution in [0.3, 0.4) is 0 Å². The van der Waals surface area contributed by atoms with Crippen molar-refractivity contribution in [3.05, 3.63) is 53.5 Å². The zero-order chi connectivity index (χ0) is 18.6. The smallest absolute Gasteiger partial charge is 0.287 e. The maximum absolute atomic E-state index is 11.0. The lowest BCUT2D eigenvalue weighted by atomic mass is 10.2. The van der Waals surface area contributed by atoms with Gasteiger partial charge in [0, 0.05) is 12.1 Å². The first kappa shape index (κ1) is 22.0. The first-order valence-corrected chi connectivity index (χ1v) is 8.91. The molecular weight excluding hydrogens is 328 g/mol. The normalized spacial score (nSPS) is 11.0. The number of hydrogen-bond donors (Lipinski definition) is 2. The lowest BCUT2D eigenvalue weighted by Gasteiger charge is -2.09. The average molecular weight is 354 g/mol. The minimum atomic E-state index is -4.00. The minimum absolute atomic E-state index is 0.0474. The summed E-state index contributed by atoms with van der Waals surface area (Å²) in [4.78, 5) is 13.1. The molecule has 0 saturated carbocycles. The van der Waals surface area contributed by atoms with Crippen LogP contribution < -0.4 is 5.32 Å². The Morgan fingerprint density at radius 1 is 1.29 bits per heavy atom. The lowest BCUT2D eigenvalue weighted by Crippen LogP contribution is -2.27. The van der Waals surface area contributed by atoms with Crippen molar-refractivity contribution in [1.82, 2.24) is 10.2 Å². The van der Waals surface area contributed by atoms with Crippen LogP contribution in [0, 0.1) is 0 Å². The van der Waals surface area contributed by atoms with E-state index in [1.807, 2.05) is 20.2 Å². The van der Waals surface area contributed by atoms with Crippen LogP contribution in [0.1, 0.15) is 18.9 Å². The third kappa shape index (κ3) is 13.7. The Morgan fingerprint density at radius 3 is 2.33 bits per heavy atom. The number of carbonyl (C=O) groups is 1. The molecule has 1 aromatic carbocycles. The molecule has 7 heteroatoms. The van der Waals surface area contributed by atoms with E-state index in [1.54, 1.807) is 31.2 Å². The second-order valence-corrected chi connectivity index (χ2v) is 6.72. The van der Waals surface area contributed by atoms with Gasteiger partial charge in [0.25, 0.3) is 10.1 Å². The van der Waals surface area contributed by atoms with E-state index in [9.17, 15) is 13.2 Å². The predicted molar refractivity (Wildman–Crippen MR) is 98.0 cm³/mol. The Hall–Kier alpha value is -1.96. The standard InChI is InChI=1S/C9H18N2O.C8H8O3S/c1-8(2)9(12)10-6-5-7-11(3)4;9-12(10,11)7-6-8-4-2-1-3-5-8/h1,5-7H2,2-4H3,(H,10,12);1-7H,(H,9,10,11). The van der Waals surface area contributed by atoms with Gasteiger partial charge >= 0.3 is 0 Å². The SMILES string of the molecule is C=C(C)C(=O)NCCCN(C)C.O=S(=O)(O)C=Cc1ccccc1. The number of nitrogens with one attached hydrogen (secondary N) is 1. The van der Waals surface area contributed by atoms with Crippen molar-refractivity contribution < 1.29 is 17.8 Å². The van der Waals surface area contributed by atoms with Crippen molar-refractivity contribution in [2.45, 2.75) is 13.3 Å². The number of rotatable bonds is 7. The van der Waals surface area contributed by atoms with Crippen LogP contribution in [0.2, 0.25) is 0 Å². The van der Waals surface area contributed by atoms with E-state index in [1.165, 1.54) is 6.08 Å². The predicted octanol–water partition coefficient (Wildman–Crippen LogP) is 2.18. The van der Waals surface area contributed by atoms with E-state index in [4.69, 9.17) is 4.55 Å². The lowest BCUT2D eigenvalue weighted by molar-refractivity contribution is -0.117. The second kappa shape index (κ2) is 11.6. The molecule has 134 valence electrons. The third-order valence-electron chi connectivity index (χ3n) is 2.69. The second-order valence-electron chi connectivity index (χ2n) is 5.42. The van der Waals surface area contributed by atoms with Gasteiger partial charge in [-0.15, -0.1) is 0 Å². The molecule has 1 amide bonds. The Bertz CT molecular complexity index is 638. The molecule has 24 heavy (non-hydrogen) atoms. The number of amides is 1. The fraction of sp³-hybridized carbons (Fsp3) is 0.353. The highest BCUT2D eigenvalue weighted by Crippen LogP contribution is 2.01. The molecular formula is C17H26N2O4S. The number of carbonyl (C=O) groups excluding carboxylic acids is 1. The van der Waals surface area contributed by atoms with Crippen molar-refractivity contribution in [2.24, 2.45) is 0 Å². The molecule has 0 aliphatic rings. The van der Waals surface area contributed by atoms with Gasteiger partial charge in [0.05, 0.1) is 5.41 Å². The summed E-state index contributed by atoms with van der Waals surface area (Å²) in [5, 5.41) is 3.52. The molecule has 0 bridgehead atoms. The van der Waals surface area contributed by atoms with Crippen LogP contribution in [0.5, 0.6) is 0 Å². The van der Waals surface area contributed by atoms with Gasteiger partial charge in [-0.25, -0.2) is 0 Å². The molecule has 0 saturated heterocycles. The summed E-state index contributed by atoms with van der Waals surface area (Å²) in [6.45, 7) is 6.98. The Kier molecular flexibility index (Phi) is 10.6. The molecule has 0 fully saturated rings. The largest absolute Gasteiger partial charge is 0.352 e. The van der Waals surface area contributed by atoms with Crippen LogP contribution in [0.15, 0.2) is 47.9 Å². The van der Waals surface area contributed by atoms with Crippen LogP contribution in [0.25, 0.3) is 6.08 Å². The molecule has 0 spiro atoms. The van der Waals surface area contributed by atoms with E-state index >= 15 is 0 Å². The summed E-state index contributed by atoms with van der Waals surface area (Å²) >= 11 is 0. The fourth-order valence-corrected chi connectivity index (χ4v) is 1.81. The van der Waals surface area contributed by atoms with Crippen molar-refractivity contribution in [3.8, 4) is 0 Å². The van der Waals surface area contributed by atoms with E-state index in [2.05, 4.69) is 16.8 Å². The summed E-state index contributed by atoms with van der Waals surface area (Å²) in [5.74, 6) is -0.0474. The maximum Gasteiger partial charge on any atom is 0.287 e. The number of benzene rings is 1. The highest BCUT2D eigenvalue weighted by atomic mass is 32.2. The summed E-state index contributed by atoms with van der Waals surface area (Å²) in [5.41, 5.74) is 1.30. The Labute approximate surface area is 144 Å². The van der Waals surface area contributed by atoms with Gasteiger partial charge in [0.15, 0.2) is 0 Å². The van der Waals surface area contributed by atoms with Gasteiger partial charge in [-0.2, -0.15) is 8.42 Å².